The minimum absolute atomic E-state index is 0.246. The van der Waals surface area contributed by atoms with E-state index in [1.807, 2.05) is 0 Å². The van der Waals surface area contributed by atoms with Crippen molar-refractivity contribution >= 4 is 11.6 Å². The molecule has 3 nitrogen and oxygen atoms in total. The third-order valence-electron chi connectivity index (χ3n) is 1.83. The van der Waals surface area contributed by atoms with Crippen molar-refractivity contribution in [1.29, 1.82) is 0 Å². The maximum absolute atomic E-state index is 9.55. The smallest absolute Gasteiger partial charge is 0.0963 e. The molecule has 0 aliphatic heterocycles. The lowest BCUT2D eigenvalue weighted by Crippen LogP contribution is -2.31. The number of aliphatic hydroxyl groups is 2. The Labute approximate surface area is 81.8 Å². The highest BCUT2D eigenvalue weighted by molar-refractivity contribution is 6.30. The maximum Gasteiger partial charge on any atom is 0.0963 e. The summed E-state index contributed by atoms with van der Waals surface area (Å²) in [6.45, 7) is -0.246. The minimum atomic E-state index is -0.845. The highest BCUT2D eigenvalue weighted by Gasteiger charge is 2.15. The van der Waals surface area contributed by atoms with Crippen molar-refractivity contribution in [3.05, 3.63) is 34.9 Å². The Morgan fingerprint density at radius 3 is 2.31 bits per heavy atom. The van der Waals surface area contributed by atoms with Gasteiger partial charge in [0.05, 0.1) is 18.8 Å². The summed E-state index contributed by atoms with van der Waals surface area (Å²) in [7, 11) is 0. The zero-order valence-electron chi connectivity index (χ0n) is 7.02. The number of rotatable bonds is 3. The maximum atomic E-state index is 9.55. The Bertz CT molecular complexity index is 263. The molecule has 2 unspecified atom stereocenters. The molecule has 0 aliphatic rings. The summed E-state index contributed by atoms with van der Waals surface area (Å²) in [5.41, 5.74) is 6.11. The van der Waals surface area contributed by atoms with Crippen LogP contribution in [0.4, 0.5) is 0 Å². The van der Waals surface area contributed by atoms with Gasteiger partial charge in [-0.15, -0.1) is 0 Å². The van der Waals surface area contributed by atoms with Crippen molar-refractivity contribution in [3.63, 3.8) is 0 Å². The third-order valence-corrected chi connectivity index (χ3v) is 2.08. The Kier molecular flexibility index (Phi) is 3.69. The van der Waals surface area contributed by atoms with E-state index >= 15 is 0 Å². The fourth-order valence-electron chi connectivity index (χ4n) is 1.01. The molecular formula is C9H12ClNO2. The molecule has 0 aromatic heterocycles. The average Bonchev–Trinajstić information content (AvgIpc) is 2.17. The number of benzene rings is 1. The molecule has 0 bridgehead atoms. The second-order valence-corrected chi connectivity index (χ2v) is 3.28. The molecule has 0 heterocycles. The lowest BCUT2D eigenvalue weighted by molar-refractivity contribution is 0.109. The monoisotopic (exact) mass is 201 g/mol. The van der Waals surface area contributed by atoms with Gasteiger partial charge in [-0.1, -0.05) is 23.7 Å². The number of nitrogens with two attached hydrogens (primary N) is 1. The fraction of sp³-hybridized carbons (Fsp3) is 0.333. The molecule has 0 saturated carbocycles. The summed E-state index contributed by atoms with van der Waals surface area (Å²) < 4.78 is 0. The molecular weight excluding hydrogens is 190 g/mol. The Balaban J connectivity index is 2.77. The Hall–Kier alpha value is -0.610. The van der Waals surface area contributed by atoms with E-state index in [0.717, 1.165) is 0 Å². The highest BCUT2D eigenvalue weighted by atomic mass is 35.5. The van der Waals surface area contributed by atoms with Crippen LogP contribution in [-0.4, -0.2) is 22.9 Å². The van der Waals surface area contributed by atoms with Crippen molar-refractivity contribution in [1.82, 2.24) is 0 Å². The molecule has 4 heteroatoms. The molecule has 1 rings (SSSR count). The molecule has 0 spiro atoms. The third kappa shape index (κ3) is 2.67. The fourth-order valence-corrected chi connectivity index (χ4v) is 1.13. The second-order valence-electron chi connectivity index (χ2n) is 2.84. The normalized spacial score (nSPS) is 15.4. The lowest BCUT2D eigenvalue weighted by Gasteiger charge is -2.16. The summed E-state index contributed by atoms with van der Waals surface area (Å²) in [6, 6.07) is 6.06. The molecule has 72 valence electrons. The molecule has 0 amide bonds. The molecule has 2 atom stereocenters. The SMILES string of the molecule is NC(CO)C(O)c1ccc(Cl)cc1. The summed E-state index contributed by atoms with van der Waals surface area (Å²) in [5, 5.41) is 18.9. The van der Waals surface area contributed by atoms with Gasteiger partial charge in [-0.3, -0.25) is 0 Å². The Morgan fingerprint density at radius 1 is 1.31 bits per heavy atom. The lowest BCUT2D eigenvalue weighted by atomic mass is 10.0. The minimum Gasteiger partial charge on any atom is -0.395 e. The van der Waals surface area contributed by atoms with Crippen molar-refractivity contribution in [2.24, 2.45) is 5.73 Å². The predicted molar refractivity (Wildman–Crippen MR) is 51.5 cm³/mol. The second kappa shape index (κ2) is 4.58. The zero-order valence-corrected chi connectivity index (χ0v) is 7.78. The topological polar surface area (TPSA) is 66.5 Å². The summed E-state index contributed by atoms with van der Waals surface area (Å²) in [5.74, 6) is 0. The quantitative estimate of drug-likeness (QED) is 0.674. The van der Waals surface area contributed by atoms with Gasteiger partial charge in [-0.2, -0.15) is 0 Å². The molecule has 1 aromatic carbocycles. The molecule has 4 N–H and O–H groups in total. The highest BCUT2D eigenvalue weighted by Crippen LogP contribution is 2.17. The van der Waals surface area contributed by atoms with Gasteiger partial charge in [0.1, 0.15) is 0 Å². The van der Waals surface area contributed by atoms with Gasteiger partial charge in [0.25, 0.3) is 0 Å². The van der Waals surface area contributed by atoms with Crippen LogP contribution in [0.2, 0.25) is 5.02 Å². The number of hydrogen-bond acceptors (Lipinski definition) is 3. The molecule has 0 saturated heterocycles. The van der Waals surface area contributed by atoms with Crippen LogP contribution in [0, 0.1) is 0 Å². The molecule has 13 heavy (non-hydrogen) atoms. The summed E-state index contributed by atoms with van der Waals surface area (Å²) in [6.07, 6.45) is -0.845. The van der Waals surface area contributed by atoms with Crippen LogP contribution in [0.1, 0.15) is 11.7 Å². The predicted octanol–water partition coefficient (Wildman–Crippen LogP) is 0.693. The largest absolute Gasteiger partial charge is 0.395 e. The van der Waals surface area contributed by atoms with Gasteiger partial charge in [0.2, 0.25) is 0 Å². The van der Waals surface area contributed by atoms with Crippen LogP contribution in [-0.2, 0) is 0 Å². The first-order valence-corrected chi connectivity index (χ1v) is 4.33. The van der Waals surface area contributed by atoms with Crippen molar-refractivity contribution < 1.29 is 10.2 Å². The zero-order chi connectivity index (χ0) is 9.84. The summed E-state index contributed by atoms with van der Waals surface area (Å²) >= 11 is 5.67. The van der Waals surface area contributed by atoms with Gasteiger partial charge < -0.3 is 15.9 Å². The van der Waals surface area contributed by atoms with Crippen LogP contribution in [0.25, 0.3) is 0 Å². The van der Waals surface area contributed by atoms with Gasteiger partial charge in [-0.25, -0.2) is 0 Å². The van der Waals surface area contributed by atoms with Crippen LogP contribution in [0.15, 0.2) is 24.3 Å². The Morgan fingerprint density at radius 2 is 1.85 bits per heavy atom. The first-order valence-electron chi connectivity index (χ1n) is 3.95. The van der Waals surface area contributed by atoms with Crippen LogP contribution < -0.4 is 5.73 Å². The van der Waals surface area contributed by atoms with Gasteiger partial charge in [0.15, 0.2) is 0 Å². The number of aliphatic hydroxyl groups excluding tert-OH is 2. The standard InChI is InChI=1S/C9H12ClNO2/c10-7-3-1-6(2-4-7)9(13)8(11)5-12/h1-4,8-9,12-13H,5,11H2. The molecule has 0 aliphatic carbocycles. The van der Waals surface area contributed by atoms with Gasteiger partial charge in [0, 0.05) is 5.02 Å². The molecule has 1 aromatic rings. The van der Waals surface area contributed by atoms with Crippen LogP contribution in [0.3, 0.4) is 0 Å². The first-order chi connectivity index (χ1) is 6.15. The van der Waals surface area contributed by atoms with E-state index in [2.05, 4.69) is 0 Å². The van der Waals surface area contributed by atoms with E-state index < -0.39 is 12.1 Å². The van der Waals surface area contributed by atoms with Crippen molar-refractivity contribution in [3.8, 4) is 0 Å². The molecule has 0 radical (unpaired) electrons. The van der Waals surface area contributed by atoms with E-state index in [-0.39, 0.29) is 6.61 Å². The first kappa shape index (κ1) is 10.5. The van der Waals surface area contributed by atoms with Crippen LogP contribution >= 0.6 is 11.6 Å². The van der Waals surface area contributed by atoms with E-state index in [0.29, 0.717) is 10.6 Å². The van der Waals surface area contributed by atoms with E-state index in [1.54, 1.807) is 24.3 Å². The average molecular weight is 202 g/mol. The molecule has 0 fully saturated rings. The van der Waals surface area contributed by atoms with E-state index in [4.69, 9.17) is 22.4 Å². The van der Waals surface area contributed by atoms with Crippen molar-refractivity contribution in [2.45, 2.75) is 12.1 Å². The summed E-state index contributed by atoms with van der Waals surface area (Å²) in [4.78, 5) is 0. The van der Waals surface area contributed by atoms with Gasteiger partial charge >= 0.3 is 0 Å². The van der Waals surface area contributed by atoms with Crippen LogP contribution in [0.5, 0.6) is 0 Å². The van der Waals surface area contributed by atoms with Gasteiger partial charge in [-0.05, 0) is 17.7 Å². The van der Waals surface area contributed by atoms with Crippen molar-refractivity contribution in [2.75, 3.05) is 6.61 Å². The number of halogens is 1. The van der Waals surface area contributed by atoms with E-state index in [1.165, 1.54) is 0 Å². The number of hydrogen-bond donors (Lipinski definition) is 3. The van der Waals surface area contributed by atoms with E-state index in [9.17, 15) is 5.11 Å².